The van der Waals surface area contributed by atoms with Crippen molar-refractivity contribution in [3.05, 3.63) is 102 Å². The molecule has 3 aromatic carbocycles. The zero-order valence-corrected chi connectivity index (χ0v) is 15.8. The Morgan fingerprint density at radius 3 is 1.96 bits per heavy atom. The summed E-state index contributed by atoms with van der Waals surface area (Å²) in [5.74, 6) is 0.798. The van der Waals surface area contributed by atoms with Crippen molar-refractivity contribution in [2.24, 2.45) is 0 Å². The molecule has 0 aliphatic rings. The quantitative estimate of drug-likeness (QED) is 0.612. The lowest BCUT2D eigenvalue weighted by Gasteiger charge is -2.25. The molecule has 3 rings (SSSR count). The third kappa shape index (κ3) is 6.55. The van der Waals surface area contributed by atoms with Crippen LogP contribution in [0.4, 0.5) is 0 Å². The molecule has 0 aliphatic heterocycles. The average Bonchev–Trinajstić information content (AvgIpc) is 2.68. The molecule has 0 amide bonds. The van der Waals surface area contributed by atoms with Crippen molar-refractivity contribution < 1.29 is 9.84 Å². The van der Waals surface area contributed by atoms with Crippen LogP contribution in [-0.4, -0.2) is 29.3 Å². The van der Waals surface area contributed by atoms with Gasteiger partial charge in [-0.25, -0.2) is 0 Å². The molecule has 3 aromatic rings. The van der Waals surface area contributed by atoms with Gasteiger partial charge in [0.05, 0.1) is 0 Å². The molecule has 0 bridgehead atoms. The number of hydrogen-bond donors (Lipinski definition) is 1. The number of nitrogens with zero attached hydrogens (tertiary/aromatic N) is 1. The van der Waals surface area contributed by atoms with Crippen LogP contribution in [0.1, 0.15) is 16.7 Å². The number of aliphatic hydroxyl groups is 1. The standard InChI is InChI=1S/C24H27NO2/c1-20-9-8-14-24(15-20)27-19-23(26)18-25(16-21-10-4-2-5-11-21)17-22-12-6-3-7-13-22/h2-15,23,26H,16-19H2,1H3. The molecule has 27 heavy (non-hydrogen) atoms. The van der Waals surface area contributed by atoms with Gasteiger partial charge in [0.25, 0.3) is 0 Å². The molecule has 0 aromatic heterocycles. The fraction of sp³-hybridized carbons (Fsp3) is 0.250. The predicted molar refractivity (Wildman–Crippen MR) is 110 cm³/mol. The van der Waals surface area contributed by atoms with E-state index in [4.69, 9.17) is 4.74 Å². The highest BCUT2D eigenvalue weighted by atomic mass is 16.5. The summed E-state index contributed by atoms with van der Waals surface area (Å²) in [4.78, 5) is 2.26. The minimum atomic E-state index is -0.557. The summed E-state index contributed by atoms with van der Waals surface area (Å²) in [5, 5.41) is 10.5. The molecular formula is C24H27NO2. The summed E-state index contributed by atoms with van der Waals surface area (Å²) in [7, 11) is 0. The monoisotopic (exact) mass is 361 g/mol. The summed E-state index contributed by atoms with van der Waals surface area (Å²) >= 11 is 0. The van der Waals surface area contributed by atoms with Gasteiger partial charge in [-0.15, -0.1) is 0 Å². The van der Waals surface area contributed by atoms with Crippen LogP contribution in [0.5, 0.6) is 5.75 Å². The third-order valence-electron chi connectivity index (χ3n) is 4.40. The van der Waals surface area contributed by atoms with Crippen LogP contribution in [0.25, 0.3) is 0 Å². The maximum Gasteiger partial charge on any atom is 0.119 e. The number of benzene rings is 3. The van der Waals surface area contributed by atoms with Crippen LogP contribution in [0.15, 0.2) is 84.9 Å². The van der Waals surface area contributed by atoms with Gasteiger partial charge in [-0.1, -0.05) is 72.8 Å². The highest BCUT2D eigenvalue weighted by Crippen LogP contribution is 2.14. The van der Waals surface area contributed by atoms with Crippen molar-refractivity contribution in [1.29, 1.82) is 0 Å². The minimum absolute atomic E-state index is 0.281. The lowest BCUT2D eigenvalue weighted by atomic mass is 10.1. The van der Waals surface area contributed by atoms with Crippen LogP contribution in [0.3, 0.4) is 0 Å². The van der Waals surface area contributed by atoms with Crippen LogP contribution >= 0.6 is 0 Å². The lowest BCUT2D eigenvalue weighted by Crippen LogP contribution is -2.35. The van der Waals surface area contributed by atoms with Crippen LogP contribution in [0.2, 0.25) is 0 Å². The van der Waals surface area contributed by atoms with E-state index in [0.717, 1.165) is 24.4 Å². The third-order valence-corrected chi connectivity index (χ3v) is 4.40. The summed E-state index contributed by atoms with van der Waals surface area (Å²) in [6, 6.07) is 28.6. The van der Waals surface area contributed by atoms with Gasteiger partial charge in [-0.2, -0.15) is 0 Å². The van der Waals surface area contributed by atoms with E-state index >= 15 is 0 Å². The molecule has 3 nitrogen and oxygen atoms in total. The summed E-state index contributed by atoms with van der Waals surface area (Å²) in [6.45, 7) is 4.44. The van der Waals surface area contributed by atoms with Gasteiger partial charge in [-0.05, 0) is 35.7 Å². The van der Waals surface area contributed by atoms with Crippen LogP contribution < -0.4 is 4.74 Å². The first-order chi connectivity index (χ1) is 13.2. The van der Waals surface area contributed by atoms with Crippen molar-refractivity contribution in [3.8, 4) is 5.75 Å². The molecule has 0 aliphatic carbocycles. The normalized spacial score (nSPS) is 12.1. The zero-order chi connectivity index (χ0) is 18.9. The molecule has 1 atom stereocenters. The van der Waals surface area contributed by atoms with E-state index in [0.29, 0.717) is 6.54 Å². The van der Waals surface area contributed by atoms with E-state index in [1.165, 1.54) is 11.1 Å². The summed E-state index contributed by atoms with van der Waals surface area (Å²) < 4.78 is 5.77. The van der Waals surface area contributed by atoms with Crippen molar-refractivity contribution in [1.82, 2.24) is 4.90 Å². The highest BCUT2D eigenvalue weighted by molar-refractivity contribution is 5.27. The predicted octanol–water partition coefficient (Wildman–Crippen LogP) is 4.44. The van der Waals surface area contributed by atoms with E-state index in [1.54, 1.807) is 0 Å². The second kappa shape index (κ2) is 9.91. The SMILES string of the molecule is Cc1cccc(OCC(O)CN(Cc2ccccc2)Cc2ccccc2)c1. The average molecular weight is 361 g/mol. The Hall–Kier alpha value is -2.62. The van der Waals surface area contributed by atoms with Crippen molar-refractivity contribution in [2.45, 2.75) is 26.1 Å². The molecule has 0 spiro atoms. The van der Waals surface area contributed by atoms with Gasteiger partial charge in [-0.3, -0.25) is 4.90 Å². The van der Waals surface area contributed by atoms with E-state index in [1.807, 2.05) is 67.6 Å². The molecule has 0 heterocycles. The molecular weight excluding hydrogens is 334 g/mol. The van der Waals surface area contributed by atoms with Gasteiger partial charge in [0.2, 0.25) is 0 Å². The van der Waals surface area contributed by atoms with Gasteiger partial charge in [0, 0.05) is 19.6 Å². The van der Waals surface area contributed by atoms with Crippen molar-refractivity contribution >= 4 is 0 Å². The van der Waals surface area contributed by atoms with E-state index in [9.17, 15) is 5.11 Å². The smallest absolute Gasteiger partial charge is 0.119 e. The minimum Gasteiger partial charge on any atom is -0.491 e. The molecule has 140 valence electrons. The first kappa shape index (κ1) is 19.2. The Bertz CT molecular complexity index is 763. The Labute approximate surface area is 161 Å². The first-order valence-electron chi connectivity index (χ1n) is 9.37. The number of aryl methyl sites for hydroxylation is 1. The second-order valence-electron chi connectivity index (χ2n) is 6.92. The Balaban J connectivity index is 1.60. The molecule has 0 saturated heterocycles. The highest BCUT2D eigenvalue weighted by Gasteiger charge is 2.14. The molecule has 0 fully saturated rings. The molecule has 0 saturated carbocycles. The Kier molecular flexibility index (Phi) is 7.03. The van der Waals surface area contributed by atoms with Gasteiger partial charge in [0.15, 0.2) is 0 Å². The number of aliphatic hydroxyl groups excluding tert-OH is 1. The second-order valence-corrected chi connectivity index (χ2v) is 6.92. The van der Waals surface area contributed by atoms with E-state index < -0.39 is 6.10 Å². The van der Waals surface area contributed by atoms with Crippen LogP contribution in [-0.2, 0) is 13.1 Å². The largest absolute Gasteiger partial charge is 0.491 e. The molecule has 3 heteroatoms. The Morgan fingerprint density at radius 1 is 0.815 bits per heavy atom. The molecule has 0 radical (unpaired) electrons. The van der Waals surface area contributed by atoms with Crippen molar-refractivity contribution in [2.75, 3.05) is 13.2 Å². The molecule has 1 unspecified atom stereocenters. The first-order valence-corrected chi connectivity index (χ1v) is 9.37. The topological polar surface area (TPSA) is 32.7 Å². The van der Waals surface area contributed by atoms with Gasteiger partial charge < -0.3 is 9.84 Å². The fourth-order valence-corrected chi connectivity index (χ4v) is 3.12. The molecule has 1 N–H and O–H groups in total. The fourth-order valence-electron chi connectivity index (χ4n) is 3.12. The zero-order valence-electron chi connectivity index (χ0n) is 15.8. The Morgan fingerprint density at radius 2 is 1.41 bits per heavy atom. The number of hydrogen-bond acceptors (Lipinski definition) is 3. The maximum atomic E-state index is 10.5. The lowest BCUT2D eigenvalue weighted by molar-refractivity contribution is 0.0628. The van der Waals surface area contributed by atoms with Gasteiger partial charge >= 0.3 is 0 Å². The number of ether oxygens (including phenoxy) is 1. The maximum absolute atomic E-state index is 10.5. The van der Waals surface area contributed by atoms with Crippen molar-refractivity contribution in [3.63, 3.8) is 0 Å². The van der Waals surface area contributed by atoms with Gasteiger partial charge in [0.1, 0.15) is 18.5 Å². The number of rotatable bonds is 9. The van der Waals surface area contributed by atoms with E-state index in [2.05, 4.69) is 29.2 Å². The van der Waals surface area contributed by atoms with E-state index in [-0.39, 0.29) is 6.61 Å². The summed E-state index contributed by atoms with van der Waals surface area (Å²) in [6.07, 6.45) is -0.557. The summed E-state index contributed by atoms with van der Waals surface area (Å²) in [5.41, 5.74) is 3.62. The van der Waals surface area contributed by atoms with Crippen LogP contribution in [0, 0.1) is 6.92 Å².